The lowest BCUT2D eigenvalue weighted by molar-refractivity contribution is 0.103. The minimum absolute atomic E-state index is 0.244. The van der Waals surface area contributed by atoms with Crippen molar-refractivity contribution < 1.29 is 14.3 Å². The number of halogens is 3. The van der Waals surface area contributed by atoms with Crippen LogP contribution in [0.15, 0.2) is 30.3 Å². The zero-order valence-corrected chi connectivity index (χ0v) is 13.5. The number of hydrogen-bond donors (Lipinski definition) is 0. The topological polar surface area (TPSA) is 35.5 Å². The Bertz CT molecular complexity index is 699. The van der Waals surface area contributed by atoms with E-state index in [2.05, 4.69) is 0 Å². The molecule has 0 aliphatic heterocycles. The SMILES string of the molecule is COc1cc(Cl)c(C(=O)c2cc(Cl)ccc2Cl)cc1OC. The molecule has 2 rings (SSSR count). The highest BCUT2D eigenvalue weighted by Gasteiger charge is 2.19. The van der Waals surface area contributed by atoms with E-state index in [4.69, 9.17) is 44.3 Å². The molecule has 0 aromatic heterocycles. The van der Waals surface area contributed by atoms with Crippen LogP contribution in [-0.4, -0.2) is 20.0 Å². The lowest BCUT2D eigenvalue weighted by atomic mass is 10.0. The summed E-state index contributed by atoms with van der Waals surface area (Å²) in [6.45, 7) is 0. The second kappa shape index (κ2) is 6.56. The van der Waals surface area contributed by atoms with E-state index in [1.807, 2.05) is 0 Å². The molecule has 0 aliphatic rings. The third-order valence-electron chi connectivity index (χ3n) is 2.89. The first-order valence-corrected chi connectivity index (χ1v) is 7.02. The predicted octanol–water partition coefficient (Wildman–Crippen LogP) is 4.90. The predicted molar refractivity (Wildman–Crippen MR) is 84.5 cm³/mol. The summed E-state index contributed by atoms with van der Waals surface area (Å²) in [7, 11) is 2.97. The van der Waals surface area contributed by atoms with Gasteiger partial charge in [0.2, 0.25) is 0 Å². The van der Waals surface area contributed by atoms with Gasteiger partial charge in [0.15, 0.2) is 17.3 Å². The van der Waals surface area contributed by atoms with Gasteiger partial charge in [0.1, 0.15) is 0 Å². The Morgan fingerprint density at radius 2 is 1.43 bits per heavy atom. The Morgan fingerprint density at radius 1 is 0.857 bits per heavy atom. The van der Waals surface area contributed by atoms with Crippen LogP contribution in [0.3, 0.4) is 0 Å². The average molecular weight is 346 g/mol. The van der Waals surface area contributed by atoms with E-state index in [1.54, 1.807) is 12.1 Å². The van der Waals surface area contributed by atoms with Crippen LogP contribution in [0.4, 0.5) is 0 Å². The van der Waals surface area contributed by atoms with Gasteiger partial charge in [-0.2, -0.15) is 0 Å². The fraction of sp³-hybridized carbons (Fsp3) is 0.133. The molecule has 3 nitrogen and oxygen atoms in total. The summed E-state index contributed by atoms with van der Waals surface area (Å²) in [6, 6.07) is 7.70. The standard InChI is InChI=1S/C15H11Cl3O3/c1-20-13-6-10(12(18)7-14(13)21-2)15(19)9-5-8(16)3-4-11(9)17/h3-7H,1-2H3. The highest BCUT2D eigenvalue weighted by atomic mass is 35.5. The first kappa shape index (κ1) is 16.0. The third-order valence-corrected chi connectivity index (χ3v) is 3.77. The molecular formula is C15H11Cl3O3. The Hall–Kier alpha value is -1.42. The summed E-state index contributed by atoms with van der Waals surface area (Å²) in [5.74, 6) is 0.507. The van der Waals surface area contributed by atoms with Crippen molar-refractivity contribution in [1.82, 2.24) is 0 Å². The number of rotatable bonds is 4. The van der Waals surface area contributed by atoms with Gasteiger partial charge in [-0.25, -0.2) is 0 Å². The molecule has 6 heteroatoms. The monoisotopic (exact) mass is 344 g/mol. The largest absolute Gasteiger partial charge is 0.493 e. The first-order valence-electron chi connectivity index (χ1n) is 5.89. The van der Waals surface area contributed by atoms with Gasteiger partial charge in [-0.15, -0.1) is 0 Å². The number of ether oxygens (including phenoxy) is 2. The molecule has 0 saturated carbocycles. The minimum Gasteiger partial charge on any atom is -0.493 e. The normalized spacial score (nSPS) is 10.3. The summed E-state index contributed by atoms with van der Waals surface area (Å²) in [5, 5.41) is 0.961. The highest BCUT2D eigenvalue weighted by Crippen LogP contribution is 2.35. The number of benzene rings is 2. The minimum atomic E-state index is -0.339. The summed E-state index contributed by atoms with van der Waals surface area (Å²) in [6.07, 6.45) is 0. The van der Waals surface area contributed by atoms with Crippen LogP contribution in [0.1, 0.15) is 15.9 Å². The first-order chi connectivity index (χ1) is 9.97. The average Bonchev–Trinajstić information content (AvgIpc) is 2.48. The number of carbonyl (C=O) groups is 1. The fourth-order valence-corrected chi connectivity index (χ4v) is 2.46. The Kier molecular flexibility index (Phi) is 4.99. The van der Waals surface area contributed by atoms with E-state index < -0.39 is 0 Å². The molecule has 2 aromatic rings. The molecule has 0 amide bonds. The van der Waals surface area contributed by atoms with Gasteiger partial charge in [0.25, 0.3) is 0 Å². The van der Waals surface area contributed by atoms with Gasteiger partial charge < -0.3 is 9.47 Å². The van der Waals surface area contributed by atoms with Crippen molar-refractivity contribution in [3.8, 4) is 11.5 Å². The highest BCUT2D eigenvalue weighted by molar-refractivity contribution is 6.39. The molecule has 0 aliphatic carbocycles. The van der Waals surface area contributed by atoms with Crippen LogP contribution >= 0.6 is 34.8 Å². The van der Waals surface area contributed by atoms with Crippen molar-refractivity contribution in [2.75, 3.05) is 14.2 Å². The van der Waals surface area contributed by atoms with Crippen LogP contribution < -0.4 is 9.47 Å². The number of carbonyl (C=O) groups excluding carboxylic acids is 1. The molecule has 0 N–H and O–H groups in total. The summed E-state index contributed by atoms with van der Waals surface area (Å²) in [4.78, 5) is 12.6. The van der Waals surface area contributed by atoms with Crippen molar-refractivity contribution in [3.63, 3.8) is 0 Å². The Morgan fingerprint density at radius 3 is 2.05 bits per heavy atom. The number of hydrogen-bond acceptors (Lipinski definition) is 3. The van der Waals surface area contributed by atoms with Crippen molar-refractivity contribution in [3.05, 3.63) is 56.5 Å². The van der Waals surface area contributed by atoms with Gasteiger partial charge in [-0.3, -0.25) is 4.79 Å². The van der Waals surface area contributed by atoms with Gasteiger partial charge in [0.05, 0.1) is 24.3 Å². The van der Waals surface area contributed by atoms with Crippen LogP contribution in [-0.2, 0) is 0 Å². The van der Waals surface area contributed by atoms with E-state index >= 15 is 0 Å². The van der Waals surface area contributed by atoms with Gasteiger partial charge >= 0.3 is 0 Å². The Balaban J connectivity index is 2.55. The molecule has 0 fully saturated rings. The molecule has 110 valence electrons. The maximum Gasteiger partial charge on any atom is 0.196 e. The molecule has 0 spiro atoms. The van der Waals surface area contributed by atoms with Crippen molar-refractivity contribution in [1.29, 1.82) is 0 Å². The third kappa shape index (κ3) is 3.26. The van der Waals surface area contributed by atoms with Gasteiger partial charge in [-0.1, -0.05) is 34.8 Å². The fourth-order valence-electron chi connectivity index (χ4n) is 1.84. The molecule has 0 saturated heterocycles. The second-order valence-electron chi connectivity index (χ2n) is 4.14. The van der Waals surface area contributed by atoms with Crippen molar-refractivity contribution >= 4 is 40.6 Å². The summed E-state index contributed by atoms with van der Waals surface area (Å²) in [5.41, 5.74) is 0.539. The Labute approximate surface area is 137 Å². The summed E-state index contributed by atoms with van der Waals surface area (Å²) >= 11 is 18.1. The van der Waals surface area contributed by atoms with Gasteiger partial charge in [0, 0.05) is 22.2 Å². The van der Waals surface area contributed by atoms with Crippen LogP contribution in [0.2, 0.25) is 15.1 Å². The van der Waals surface area contributed by atoms with E-state index in [9.17, 15) is 4.79 Å². The molecule has 0 heterocycles. The zero-order valence-electron chi connectivity index (χ0n) is 11.2. The second-order valence-corrected chi connectivity index (χ2v) is 5.39. The van der Waals surface area contributed by atoms with Crippen molar-refractivity contribution in [2.45, 2.75) is 0 Å². The maximum absolute atomic E-state index is 12.6. The van der Waals surface area contributed by atoms with E-state index in [0.29, 0.717) is 21.5 Å². The van der Waals surface area contributed by atoms with Crippen LogP contribution in [0.25, 0.3) is 0 Å². The molecular weight excluding hydrogens is 335 g/mol. The van der Waals surface area contributed by atoms with E-state index in [1.165, 1.54) is 32.4 Å². The quantitative estimate of drug-likeness (QED) is 0.740. The smallest absolute Gasteiger partial charge is 0.196 e. The summed E-state index contributed by atoms with van der Waals surface area (Å²) < 4.78 is 10.3. The van der Waals surface area contributed by atoms with E-state index in [0.717, 1.165) is 0 Å². The molecule has 0 atom stereocenters. The lowest BCUT2D eigenvalue weighted by Gasteiger charge is -2.12. The number of ketones is 1. The van der Waals surface area contributed by atoms with E-state index in [-0.39, 0.29) is 21.9 Å². The van der Waals surface area contributed by atoms with Crippen molar-refractivity contribution in [2.24, 2.45) is 0 Å². The maximum atomic E-state index is 12.6. The number of methoxy groups -OCH3 is 2. The lowest BCUT2D eigenvalue weighted by Crippen LogP contribution is -2.04. The van der Waals surface area contributed by atoms with Crippen LogP contribution in [0.5, 0.6) is 11.5 Å². The molecule has 0 unspecified atom stereocenters. The molecule has 2 aromatic carbocycles. The molecule has 0 bridgehead atoms. The molecule has 21 heavy (non-hydrogen) atoms. The van der Waals surface area contributed by atoms with Gasteiger partial charge in [-0.05, 0) is 24.3 Å². The molecule has 0 radical (unpaired) electrons. The zero-order chi connectivity index (χ0) is 15.6. The van der Waals surface area contributed by atoms with Crippen LogP contribution in [0, 0.1) is 0 Å².